The van der Waals surface area contributed by atoms with E-state index in [2.05, 4.69) is 23.2 Å². The molecule has 0 aliphatic carbocycles. The van der Waals surface area contributed by atoms with Crippen molar-refractivity contribution in [1.29, 1.82) is 0 Å². The zero-order valence-electron chi connectivity index (χ0n) is 13.3. The maximum Gasteiger partial charge on any atom is 0.123 e. The van der Waals surface area contributed by atoms with Crippen LogP contribution < -0.4 is 4.74 Å². The monoisotopic (exact) mass is 319 g/mol. The Morgan fingerprint density at radius 1 is 1.25 bits per heavy atom. The van der Waals surface area contributed by atoms with Crippen molar-refractivity contribution in [3.63, 3.8) is 0 Å². The van der Waals surface area contributed by atoms with Crippen LogP contribution in [0.2, 0.25) is 0 Å². The van der Waals surface area contributed by atoms with Crippen LogP contribution in [0.5, 0.6) is 5.75 Å². The van der Waals surface area contributed by atoms with Crippen molar-refractivity contribution in [2.24, 2.45) is 5.16 Å². The van der Waals surface area contributed by atoms with Gasteiger partial charge in [0.1, 0.15) is 17.5 Å². The molecule has 0 fully saturated rings. The second-order valence-electron chi connectivity index (χ2n) is 5.91. The maximum atomic E-state index is 8.97. The molecule has 1 unspecified atom stereocenters. The Bertz CT molecular complexity index is 900. The van der Waals surface area contributed by atoms with E-state index in [0.29, 0.717) is 0 Å². The molecule has 1 aliphatic heterocycles. The fourth-order valence-electron chi connectivity index (χ4n) is 3.05. The predicted octanol–water partition coefficient (Wildman–Crippen LogP) is 3.67. The van der Waals surface area contributed by atoms with Gasteiger partial charge in [0.2, 0.25) is 0 Å². The highest BCUT2D eigenvalue weighted by molar-refractivity contribution is 5.88. The van der Waals surface area contributed by atoms with Gasteiger partial charge in [-0.3, -0.25) is 0 Å². The van der Waals surface area contributed by atoms with Crippen LogP contribution >= 0.6 is 0 Å². The number of oxime groups is 1. The highest BCUT2D eigenvalue weighted by Gasteiger charge is 2.20. The first-order valence-electron chi connectivity index (χ1n) is 7.87. The van der Waals surface area contributed by atoms with Crippen LogP contribution in [0.25, 0.3) is 16.9 Å². The van der Waals surface area contributed by atoms with Crippen LogP contribution in [-0.4, -0.2) is 27.3 Å². The normalized spacial score (nSPS) is 16.3. The summed E-state index contributed by atoms with van der Waals surface area (Å²) in [5.41, 5.74) is 4.65. The summed E-state index contributed by atoms with van der Waals surface area (Å²) in [5.74, 6) is 0.936. The number of fused-ring (bicyclic) bond motifs is 1. The number of aromatic nitrogens is 2. The molecule has 4 rings (SSSR count). The molecule has 1 atom stereocenters. The lowest BCUT2D eigenvalue weighted by atomic mass is 10.0. The molecule has 1 N–H and O–H groups in total. The summed E-state index contributed by atoms with van der Waals surface area (Å²) < 4.78 is 7.55. The Kier molecular flexibility index (Phi) is 3.54. The molecule has 0 bridgehead atoms. The van der Waals surface area contributed by atoms with E-state index in [1.807, 2.05) is 48.7 Å². The molecular weight excluding hydrogens is 302 g/mol. The van der Waals surface area contributed by atoms with Gasteiger partial charge in [-0.25, -0.2) is 4.68 Å². The first-order valence-corrected chi connectivity index (χ1v) is 7.87. The number of para-hydroxylation sites is 1. The van der Waals surface area contributed by atoms with Crippen LogP contribution in [0.1, 0.15) is 18.1 Å². The lowest BCUT2D eigenvalue weighted by molar-refractivity contribution is 0.254. The van der Waals surface area contributed by atoms with Crippen molar-refractivity contribution in [3.05, 3.63) is 65.9 Å². The van der Waals surface area contributed by atoms with E-state index in [4.69, 9.17) is 9.94 Å². The van der Waals surface area contributed by atoms with Gasteiger partial charge in [0, 0.05) is 23.7 Å². The summed E-state index contributed by atoms with van der Waals surface area (Å²) in [6.07, 6.45) is 4.37. The van der Waals surface area contributed by atoms with E-state index >= 15 is 0 Å². The predicted molar refractivity (Wildman–Crippen MR) is 92.2 cm³/mol. The van der Waals surface area contributed by atoms with Crippen LogP contribution in [0.3, 0.4) is 0 Å². The van der Waals surface area contributed by atoms with Crippen LogP contribution in [0, 0.1) is 0 Å². The number of nitrogens with zero attached hydrogens (tertiary/aromatic N) is 3. The second kappa shape index (κ2) is 5.85. The van der Waals surface area contributed by atoms with Crippen molar-refractivity contribution in [1.82, 2.24) is 9.78 Å². The SMILES string of the molecule is CC1Cc2cc(-c3nn(-c4ccccc4)cc3C=NO)ccc2O1. The van der Waals surface area contributed by atoms with Gasteiger partial charge in [-0.15, -0.1) is 0 Å². The topological polar surface area (TPSA) is 59.6 Å². The first kappa shape index (κ1) is 14.5. The number of ether oxygens (including phenoxy) is 1. The van der Waals surface area contributed by atoms with Crippen LogP contribution in [0.4, 0.5) is 0 Å². The van der Waals surface area contributed by atoms with Crippen molar-refractivity contribution >= 4 is 6.21 Å². The second-order valence-corrected chi connectivity index (χ2v) is 5.91. The van der Waals surface area contributed by atoms with Crippen molar-refractivity contribution in [3.8, 4) is 22.7 Å². The Balaban J connectivity index is 1.80. The van der Waals surface area contributed by atoms with Gasteiger partial charge in [0.25, 0.3) is 0 Å². The zero-order valence-corrected chi connectivity index (χ0v) is 13.3. The number of hydrogen-bond acceptors (Lipinski definition) is 4. The molecule has 3 aromatic rings. The van der Waals surface area contributed by atoms with E-state index < -0.39 is 0 Å². The van der Waals surface area contributed by atoms with Crippen molar-refractivity contribution in [2.75, 3.05) is 0 Å². The molecule has 0 spiro atoms. The Morgan fingerprint density at radius 3 is 2.88 bits per heavy atom. The number of hydrogen-bond donors (Lipinski definition) is 1. The van der Waals surface area contributed by atoms with Crippen LogP contribution in [-0.2, 0) is 6.42 Å². The molecule has 0 amide bonds. The minimum atomic E-state index is 0.204. The van der Waals surface area contributed by atoms with Gasteiger partial charge in [-0.2, -0.15) is 5.10 Å². The lowest BCUT2D eigenvalue weighted by Crippen LogP contribution is -2.05. The molecule has 120 valence electrons. The van der Waals surface area contributed by atoms with Gasteiger partial charge in [0.15, 0.2) is 0 Å². The Labute approximate surface area is 139 Å². The average Bonchev–Trinajstić information content (AvgIpc) is 3.18. The smallest absolute Gasteiger partial charge is 0.123 e. The Hall–Kier alpha value is -3.08. The summed E-state index contributed by atoms with van der Waals surface area (Å²) >= 11 is 0. The standard InChI is InChI=1S/C19H17N3O2/c1-13-9-15-10-14(7-8-18(15)24-13)19-16(11-20-23)12-22(21-19)17-5-3-2-4-6-17/h2-8,10-13,23H,9H2,1H3. The Morgan fingerprint density at radius 2 is 2.08 bits per heavy atom. The van der Waals surface area contributed by atoms with E-state index in [0.717, 1.165) is 34.7 Å². The summed E-state index contributed by atoms with van der Waals surface area (Å²) in [4.78, 5) is 0. The highest BCUT2D eigenvalue weighted by Crippen LogP contribution is 2.33. The summed E-state index contributed by atoms with van der Waals surface area (Å²) in [6.45, 7) is 2.06. The summed E-state index contributed by atoms with van der Waals surface area (Å²) in [6, 6.07) is 15.9. The molecule has 2 aromatic carbocycles. The third-order valence-electron chi connectivity index (χ3n) is 4.13. The van der Waals surface area contributed by atoms with E-state index in [-0.39, 0.29) is 6.10 Å². The average molecular weight is 319 g/mol. The summed E-state index contributed by atoms with van der Waals surface area (Å²) in [7, 11) is 0. The molecule has 24 heavy (non-hydrogen) atoms. The molecule has 5 nitrogen and oxygen atoms in total. The third kappa shape index (κ3) is 2.54. The third-order valence-corrected chi connectivity index (χ3v) is 4.13. The lowest BCUT2D eigenvalue weighted by Gasteiger charge is -2.03. The highest BCUT2D eigenvalue weighted by atomic mass is 16.5. The van der Waals surface area contributed by atoms with Gasteiger partial charge in [-0.1, -0.05) is 23.4 Å². The molecule has 1 aromatic heterocycles. The fourth-order valence-corrected chi connectivity index (χ4v) is 3.05. The van der Waals surface area contributed by atoms with Crippen molar-refractivity contribution < 1.29 is 9.94 Å². The molecule has 0 radical (unpaired) electrons. The molecule has 0 saturated carbocycles. The van der Waals surface area contributed by atoms with E-state index in [1.165, 1.54) is 11.8 Å². The fraction of sp³-hybridized carbons (Fsp3) is 0.158. The molecule has 0 saturated heterocycles. The molecular formula is C19H17N3O2. The molecule has 2 heterocycles. The van der Waals surface area contributed by atoms with Gasteiger partial charge >= 0.3 is 0 Å². The van der Waals surface area contributed by atoms with E-state index in [1.54, 1.807) is 4.68 Å². The molecule has 1 aliphatic rings. The van der Waals surface area contributed by atoms with E-state index in [9.17, 15) is 0 Å². The minimum absolute atomic E-state index is 0.204. The first-order chi connectivity index (χ1) is 11.7. The van der Waals surface area contributed by atoms with Gasteiger partial charge in [-0.05, 0) is 42.8 Å². The van der Waals surface area contributed by atoms with Crippen LogP contribution in [0.15, 0.2) is 59.9 Å². The summed E-state index contributed by atoms with van der Waals surface area (Å²) in [5, 5.41) is 16.8. The maximum absolute atomic E-state index is 8.97. The minimum Gasteiger partial charge on any atom is -0.490 e. The zero-order chi connectivity index (χ0) is 16.5. The number of rotatable bonds is 3. The van der Waals surface area contributed by atoms with Gasteiger partial charge < -0.3 is 9.94 Å². The largest absolute Gasteiger partial charge is 0.490 e. The number of benzene rings is 2. The van der Waals surface area contributed by atoms with Gasteiger partial charge in [0.05, 0.1) is 11.9 Å². The quantitative estimate of drug-likeness (QED) is 0.455. The molecule has 5 heteroatoms. The van der Waals surface area contributed by atoms with Crippen molar-refractivity contribution in [2.45, 2.75) is 19.4 Å².